The minimum atomic E-state index is -4.75. The zero-order chi connectivity index (χ0) is 25.7. The van der Waals surface area contributed by atoms with Gasteiger partial charge in [0.2, 0.25) is 5.28 Å². The molecule has 5 rings (SSSR count). The number of benzene rings is 2. The lowest BCUT2D eigenvalue weighted by Crippen LogP contribution is -2.26. The fourth-order valence-electron chi connectivity index (χ4n) is 4.62. The van der Waals surface area contributed by atoms with E-state index in [4.69, 9.17) is 30.6 Å². The Labute approximate surface area is 211 Å². The fourth-order valence-corrected chi connectivity index (χ4v) is 7.36. The molecule has 192 valence electrons. The van der Waals surface area contributed by atoms with Gasteiger partial charge in [0.1, 0.15) is 11.9 Å². The monoisotopic (exact) mass is 555 g/mol. The van der Waals surface area contributed by atoms with Crippen molar-refractivity contribution in [3.05, 3.63) is 58.9 Å². The summed E-state index contributed by atoms with van der Waals surface area (Å²) < 4.78 is 33.6. The van der Waals surface area contributed by atoms with Gasteiger partial charge in [-0.05, 0) is 47.3 Å². The largest absolute Gasteiger partial charge is 0.390 e. The Balaban J connectivity index is 1.36. The number of rotatable bonds is 7. The van der Waals surface area contributed by atoms with Gasteiger partial charge in [0.15, 0.2) is 5.90 Å². The number of hydrogen-bond donors (Lipinski definition) is 4. The summed E-state index contributed by atoms with van der Waals surface area (Å²) in [6, 6.07) is 13.6. The number of fused-ring (bicyclic) bond motifs is 2. The van der Waals surface area contributed by atoms with Gasteiger partial charge < -0.3 is 33.9 Å². The van der Waals surface area contributed by atoms with Crippen molar-refractivity contribution in [1.82, 2.24) is 9.97 Å². The molecular formula is C22H24ClN3O8P2. The summed E-state index contributed by atoms with van der Waals surface area (Å²) >= 11 is 6.27. The van der Waals surface area contributed by atoms with E-state index < -0.39 is 46.0 Å². The van der Waals surface area contributed by atoms with E-state index in [0.717, 1.165) is 24.0 Å². The molecule has 4 N–H and O–H groups in total. The molecule has 4 atom stereocenters. The molecule has 2 aliphatic rings. The third kappa shape index (κ3) is 5.50. The van der Waals surface area contributed by atoms with Gasteiger partial charge in [0.05, 0.1) is 24.3 Å². The summed E-state index contributed by atoms with van der Waals surface area (Å²) in [5, 5.41) is 11.3. The van der Waals surface area contributed by atoms with Crippen LogP contribution in [-0.2, 0) is 24.8 Å². The normalized spacial score (nSPS) is 23.7. The van der Waals surface area contributed by atoms with E-state index in [2.05, 4.69) is 20.9 Å². The molecule has 36 heavy (non-hydrogen) atoms. The van der Waals surface area contributed by atoms with Gasteiger partial charge in [-0.3, -0.25) is 9.13 Å². The topological polar surface area (TPSA) is 163 Å². The highest BCUT2D eigenvalue weighted by molar-refractivity contribution is 7.70. The van der Waals surface area contributed by atoms with Crippen molar-refractivity contribution in [1.29, 1.82) is 0 Å². The number of anilines is 2. The van der Waals surface area contributed by atoms with Crippen molar-refractivity contribution in [2.75, 3.05) is 24.0 Å². The van der Waals surface area contributed by atoms with Crippen LogP contribution < -0.4 is 4.90 Å². The first-order chi connectivity index (χ1) is 17.0. The standard InChI is InChI=1S/C22H24ClN3O8P2/c23-22-24-16-9-14(19-10-18(27)20(34-19)11-33-36(31,32)12-35(28,29)30)5-6-15(16)21(25-22)26-8-7-13-3-1-2-4-17(13)26/h1-6,9,18-20,27H,7-8,10-12H2,(H,31,32)(H2,28,29,30)/t18-,19+,20+/m0/s1. The van der Waals surface area contributed by atoms with Crippen LogP contribution in [0.25, 0.3) is 10.9 Å². The second-order valence-corrected chi connectivity index (χ2v) is 13.2. The van der Waals surface area contributed by atoms with Crippen LogP contribution >= 0.6 is 26.8 Å². The van der Waals surface area contributed by atoms with Crippen LogP contribution in [0.5, 0.6) is 0 Å². The number of para-hydroxylation sites is 1. The number of nitrogens with zero attached hydrogens (tertiary/aromatic N) is 3. The minimum absolute atomic E-state index is 0.0986. The van der Waals surface area contributed by atoms with Gasteiger partial charge in [-0.2, -0.15) is 4.98 Å². The number of hydrogen-bond acceptors (Lipinski definition) is 8. The molecule has 2 aliphatic heterocycles. The molecule has 0 bridgehead atoms. The first-order valence-corrected chi connectivity index (χ1v) is 15.1. The van der Waals surface area contributed by atoms with E-state index in [0.29, 0.717) is 16.9 Å². The Kier molecular flexibility index (Phi) is 6.97. The second-order valence-electron chi connectivity index (χ2n) is 8.83. The molecule has 0 radical (unpaired) electrons. The zero-order valence-corrected chi connectivity index (χ0v) is 21.4. The lowest BCUT2D eigenvalue weighted by molar-refractivity contribution is -0.0183. The van der Waals surface area contributed by atoms with Gasteiger partial charge in [0.25, 0.3) is 0 Å². The highest BCUT2D eigenvalue weighted by Crippen LogP contribution is 2.55. The molecule has 0 amide bonds. The number of ether oxygens (including phenoxy) is 1. The Morgan fingerprint density at radius 3 is 2.69 bits per heavy atom. The summed E-state index contributed by atoms with van der Waals surface area (Å²) in [7, 11) is -9.30. The van der Waals surface area contributed by atoms with E-state index in [9.17, 15) is 19.1 Å². The summed E-state index contributed by atoms with van der Waals surface area (Å²) in [6.45, 7) is 0.269. The average Bonchev–Trinajstić information content (AvgIpc) is 3.38. The molecule has 11 nitrogen and oxygen atoms in total. The number of halogens is 1. The average molecular weight is 556 g/mol. The maximum Gasteiger partial charge on any atom is 0.340 e. The quantitative estimate of drug-likeness (QED) is 0.249. The number of aliphatic hydroxyl groups is 1. The summed E-state index contributed by atoms with van der Waals surface area (Å²) in [5.74, 6) is -0.606. The van der Waals surface area contributed by atoms with Gasteiger partial charge in [-0.15, -0.1) is 0 Å². The van der Waals surface area contributed by atoms with E-state index in [1.165, 1.54) is 5.56 Å². The summed E-state index contributed by atoms with van der Waals surface area (Å²) in [5.41, 5.74) is 3.62. The molecular weight excluding hydrogens is 532 g/mol. The van der Waals surface area contributed by atoms with Crippen LogP contribution in [0, 0.1) is 0 Å². The van der Waals surface area contributed by atoms with Gasteiger partial charge in [-0.25, -0.2) is 4.98 Å². The van der Waals surface area contributed by atoms with E-state index in [1.807, 2.05) is 30.3 Å². The molecule has 3 heterocycles. The number of aromatic nitrogens is 2. The third-order valence-electron chi connectivity index (χ3n) is 6.22. The fraction of sp³-hybridized carbons (Fsp3) is 0.364. The van der Waals surface area contributed by atoms with Crippen LogP contribution in [0.15, 0.2) is 42.5 Å². The predicted octanol–water partition coefficient (Wildman–Crippen LogP) is 3.51. The Morgan fingerprint density at radius 2 is 1.92 bits per heavy atom. The molecule has 1 unspecified atom stereocenters. The van der Waals surface area contributed by atoms with Gasteiger partial charge >= 0.3 is 15.2 Å². The molecule has 3 aromatic rings. The maximum atomic E-state index is 11.9. The number of aliphatic hydroxyl groups excluding tert-OH is 1. The molecule has 0 spiro atoms. The van der Waals surface area contributed by atoms with Crippen molar-refractivity contribution in [3.8, 4) is 0 Å². The van der Waals surface area contributed by atoms with E-state index in [1.54, 1.807) is 6.07 Å². The van der Waals surface area contributed by atoms with Crippen LogP contribution in [0.1, 0.15) is 23.7 Å². The van der Waals surface area contributed by atoms with Gasteiger partial charge in [0, 0.05) is 24.0 Å². The Hall–Kier alpha value is -1.91. The first kappa shape index (κ1) is 25.7. The summed E-state index contributed by atoms with van der Waals surface area (Å²) in [6.07, 6.45) is -1.43. The van der Waals surface area contributed by atoms with Crippen molar-refractivity contribution < 1.29 is 38.2 Å². The van der Waals surface area contributed by atoms with Gasteiger partial charge in [-0.1, -0.05) is 24.3 Å². The lowest BCUT2D eigenvalue weighted by atomic mass is 10.0. The molecule has 0 aliphatic carbocycles. The lowest BCUT2D eigenvalue weighted by Gasteiger charge is -2.21. The van der Waals surface area contributed by atoms with Crippen molar-refractivity contribution in [3.63, 3.8) is 0 Å². The van der Waals surface area contributed by atoms with Crippen molar-refractivity contribution in [2.45, 2.75) is 31.2 Å². The minimum Gasteiger partial charge on any atom is -0.390 e. The molecule has 0 saturated carbocycles. The maximum absolute atomic E-state index is 11.9. The van der Waals surface area contributed by atoms with Crippen LogP contribution in [0.2, 0.25) is 5.28 Å². The van der Waals surface area contributed by atoms with Crippen LogP contribution in [0.3, 0.4) is 0 Å². The Morgan fingerprint density at radius 1 is 1.14 bits per heavy atom. The summed E-state index contributed by atoms with van der Waals surface area (Å²) in [4.78, 5) is 38.5. The second kappa shape index (κ2) is 9.76. The molecule has 1 fully saturated rings. The van der Waals surface area contributed by atoms with E-state index in [-0.39, 0.29) is 11.7 Å². The smallest absolute Gasteiger partial charge is 0.340 e. The molecule has 1 aromatic heterocycles. The van der Waals surface area contributed by atoms with Crippen LogP contribution in [0.4, 0.5) is 11.5 Å². The van der Waals surface area contributed by atoms with Crippen molar-refractivity contribution in [2.24, 2.45) is 0 Å². The first-order valence-electron chi connectivity index (χ1n) is 11.2. The van der Waals surface area contributed by atoms with Crippen LogP contribution in [-0.4, -0.2) is 61.0 Å². The zero-order valence-electron chi connectivity index (χ0n) is 18.8. The predicted molar refractivity (Wildman–Crippen MR) is 133 cm³/mol. The highest BCUT2D eigenvalue weighted by atomic mass is 35.5. The van der Waals surface area contributed by atoms with E-state index >= 15 is 0 Å². The van der Waals surface area contributed by atoms with Crippen molar-refractivity contribution >= 4 is 49.2 Å². The molecule has 14 heteroatoms. The third-order valence-corrected chi connectivity index (χ3v) is 9.84. The molecule has 1 saturated heterocycles. The Bertz CT molecular complexity index is 1400. The molecule has 2 aromatic carbocycles. The SMILES string of the molecule is O=P(O)(O)CP(=O)(O)OC[C@H]1O[C@@H](c2ccc3c(N4CCc5ccccc54)nc(Cl)nc3c2)C[C@@H]1O. The highest BCUT2D eigenvalue weighted by Gasteiger charge is 2.38.